The first-order valence-corrected chi connectivity index (χ1v) is 16.3. The summed E-state index contributed by atoms with van der Waals surface area (Å²) in [6, 6.07) is 23.6. The van der Waals surface area contributed by atoms with E-state index < -0.39 is 0 Å². The van der Waals surface area contributed by atoms with Gasteiger partial charge in [0.2, 0.25) is 0 Å². The number of aliphatic imine (C=N–C) groups is 1. The Labute approximate surface area is 286 Å². The molecule has 0 bridgehead atoms. The van der Waals surface area contributed by atoms with Crippen LogP contribution in [-0.4, -0.2) is 46.5 Å². The zero-order chi connectivity index (χ0) is 32.5. The first-order valence-electron chi connectivity index (χ1n) is 16.3. The minimum Gasteiger partial charge on any atom is -0.435 e. The van der Waals surface area contributed by atoms with E-state index in [0.29, 0.717) is 36.9 Å². The van der Waals surface area contributed by atoms with Crippen LogP contribution in [-0.2, 0) is 14.2 Å². The average Bonchev–Trinajstić information content (AvgIpc) is 3.61. The topological polar surface area (TPSA) is 54.2 Å². The van der Waals surface area contributed by atoms with Gasteiger partial charge >= 0.3 is 18.9 Å². The van der Waals surface area contributed by atoms with Gasteiger partial charge in [-0.15, -0.1) is 0 Å². The van der Waals surface area contributed by atoms with Gasteiger partial charge in [0.1, 0.15) is 0 Å². The second-order valence-electron chi connectivity index (χ2n) is 12.4. The molecule has 5 nitrogen and oxygen atoms in total. The molecule has 45 heavy (non-hydrogen) atoms. The summed E-state index contributed by atoms with van der Waals surface area (Å²) >= 11 is 0. The smallest absolute Gasteiger partial charge is 0.435 e. The van der Waals surface area contributed by atoms with Gasteiger partial charge in [0, 0.05) is 27.4 Å². The van der Waals surface area contributed by atoms with Crippen molar-refractivity contribution >= 4 is 17.2 Å². The predicted molar refractivity (Wildman–Crippen MR) is 189 cm³/mol. The third-order valence-corrected chi connectivity index (χ3v) is 7.47. The summed E-state index contributed by atoms with van der Waals surface area (Å²) in [4.78, 5) is 5.32. The van der Waals surface area contributed by atoms with Gasteiger partial charge in [-0.05, 0) is 75.7 Å². The van der Waals surface area contributed by atoms with E-state index in [1.165, 1.54) is 35.1 Å². The molecule has 6 heteroatoms. The van der Waals surface area contributed by atoms with E-state index in [2.05, 4.69) is 126 Å². The molecule has 242 valence electrons. The van der Waals surface area contributed by atoms with Crippen molar-refractivity contribution in [2.45, 2.75) is 91.9 Å². The van der Waals surface area contributed by atoms with Crippen molar-refractivity contribution in [3.05, 3.63) is 99.9 Å². The number of ether oxygens (including phenoxy) is 3. The number of nitrogens with zero attached hydrogens (tertiary/aromatic N) is 2. The van der Waals surface area contributed by atoms with E-state index >= 15 is 0 Å². The summed E-state index contributed by atoms with van der Waals surface area (Å²) in [6.45, 7) is 21.3. The fourth-order valence-electron chi connectivity index (χ4n) is 4.91. The molecule has 1 fully saturated rings. The van der Waals surface area contributed by atoms with Gasteiger partial charge in [-0.2, -0.15) is 0 Å². The standard InChI is InChI=1S/C31H39N2.C4H10O2.C4H8O.Li/c1-20(2)25-16-12-17-26(21(3)4)29(25)32-31(24-14-10-9-11-15-24)33-30-27(22(5)6)18-13-19-28(30)23(7)8;1-5-3-4-6-2;1-2-4-5-3-1;/h9-23H,1-8H3;3-4H2,1-2H3;1-4H2;/q-1;;;+1. The molecule has 0 aromatic heterocycles. The number of amidine groups is 1. The largest absolute Gasteiger partial charge is 1.00 e. The van der Waals surface area contributed by atoms with E-state index in [9.17, 15) is 0 Å². The number of hydrogen-bond acceptors (Lipinski definition) is 4. The molecule has 0 atom stereocenters. The quantitative estimate of drug-likeness (QED) is 0.101. The van der Waals surface area contributed by atoms with E-state index in [0.717, 1.165) is 36.0 Å². The SMILES string of the molecule is C1CCOC1.CC(C)c1cccc(C(C)C)c1N=C([N-]c1c(C(C)C)cccc1C(C)C)c1ccccc1.COCCOC.[Li+]. The third-order valence-electron chi connectivity index (χ3n) is 7.47. The number of para-hydroxylation sites is 2. The molecule has 1 heterocycles. The Morgan fingerprint density at radius 1 is 0.644 bits per heavy atom. The van der Waals surface area contributed by atoms with Crippen LogP contribution in [0.25, 0.3) is 5.32 Å². The van der Waals surface area contributed by atoms with Gasteiger partial charge in [-0.1, -0.05) is 128 Å². The van der Waals surface area contributed by atoms with E-state index in [1.54, 1.807) is 14.2 Å². The third kappa shape index (κ3) is 13.5. The van der Waals surface area contributed by atoms with Crippen LogP contribution in [0.4, 0.5) is 11.4 Å². The Kier molecular flexibility index (Phi) is 20.0. The Hall–Kier alpha value is -2.39. The average molecular weight is 609 g/mol. The van der Waals surface area contributed by atoms with Crippen LogP contribution >= 0.6 is 0 Å². The maximum atomic E-state index is 5.32. The van der Waals surface area contributed by atoms with Crippen molar-refractivity contribution in [2.75, 3.05) is 40.6 Å². The fraction of sp³-hybridized carbons (Fsp3) is 0.513. The molecule has 0 saturated carbocycles. The van der Waals surface area contributed by atoms with Crippen molar-refractivity contribution < 1.29 is 33.1 Å². The minimum absolute atomic E-state index is 0. The maximum Gasteiger partial charge on any atom is 1.00 e. The molecule has 1 aliphatic heterocycles. The van der Waals surface area contributed by atoms with Gasteiger partial charge in [0.25, 0.3) is 0 Å². The second kappa shape index (κ2) is 22.2. The molecular formula is C39H57LiN2O3. The van der Waals surface area contributed by atoms with Crippen LogP contribution in [0.2, 0.25) is 0 Å². The number of rotatable bonds is 10. The number of methoxy groups -OCH3 is 2. The van der Waals surface area contributed by atoms with Crippen molar-refractivity contribution in [2.24, 2.45) is 4.99 Å². The molecule has 0 amide bonds. The Morgan fingerprint density at radius 2 is 1.07 bits per heavy atom. The van der Waals surface area contributed by atoms with Gasteiger partial charge in [0.15, 0.2) is 0 Å². The number of benzene rings is 3. The summed E-state index contributed by atoms with van der Waals surface area (Å²) in [5, 5.41) is 5.32. The minimum atomic E-state index is 0. The van der Waals surface area contributed by atoms with Crippen LogP contribution in [0.5, 0.6) is 0 Å². The van der Waals surface area contributed by atoms with E-state index in [1.807, 2.05) is 6.07 Å². The van der Waals surface area contributed by atoms with Crippen LogP contribution in [0.3, 0.4) is 0 Å². The van der Waals surface area contributed by atoms with Crippen LogP contribution in [0.1, 0.15) is 120 Å². The Balaban J connectivity index is 0.000000713. The van der Waals surface area contributed by atoms with Gasteiger partial charge in [-0.25, -0.2) is 0 Å². The van der Waals surface area contributed by atoms with E-state index in [-0.39, 0.29) is 18.9 Å². The Morgan fingerprint density at radius 3 is 1.42 bits per heavy atom. The van der Waals surface area contributed by atoms with E-state index in [4.69, 9.17) is 15.0 Å². The summed E-state index contributed by atoms with van der Waals surface area (Å²) in [5.74, 6) is 2.31. The summed E-state index contributed by atoms with van der Waals surface area (Å²) in [5.41, 5.74) is 8.25. The fourth-order valence-corrected chi connectivity index (χ4v) is 4.91. The van der Waals surface area contributed by atoms with Gasteiger partial charge in [0.05, 0.1) is 13.2 Å². The molecule has 0 aliphatic carbocycles. The zero-order valence-corrected chi connectivity index (χ0v) is 30.0. The van der Waals surface area contributed by atoms with Gasteiger partial charge < -0.3 is 24.5 Å². The second-order valence-corrected chi connectivity index (χ2v) is 12.4. The Bertz CT molecular complexity index is 1190. The first kappa shape index (κ1) is 40.6. The molecular weight excluding hydrogens is 551 g/mol. The summed E-state index contributed by atoms with van der Waals surface area (Å²) in [7, 11) is 3.30. The first-order chi connectivity index (χ1) is 21.1. The van der Waals surface area contributed by atoms with Crippen LogP contribution in [0, 0.1) is 0 Å². The van der Waals surface area contributed by atoms with Crippen LogP contribution < -0.4 is 18.9 Å². The molecule has 3 aromatic rings. The normalized spacial score (nSPS) is 12.9. The van der Waals surface area contributed by atoms with Crippen molar-refractivity contribution in [1.29, 1.82) is 0 Å². The predicted octanol–water partition coefficient (Wildman–Crippen LogP) is 8.04. The molecule has 0 unspecified atom stereocenters. The molecule has 1 saturated heterocycles. The van der Waals surface area contributed by atoms with Crippen molar-refractivity contribution in [3.63, 3.8) is 0 Å². The summed E-state index contributed by atoms with van der Waals surface area (Å²) < 4.78 is 14.3. The maximum absolute atomic E-state index is 5.32. The molecule has 0 radical (unpaired) electrons. The zero-order valence-electron chi connectivity index (χ0n) is 30.0. The van der Waals surface area contributed by atoms with Gasteiger partial charge in [-0.3, -0.25) is 0 Å². The molecule has 0 N–H and O–H groups in total. The monoisotopic (exact) mass is 608 g/mol. The number of hydrogen-bond donors (Lipinski definition) is 0. The molecule has 1 aliphatic rings. The van der Waals surface area contributed by atoms with Crippen LogP contribution in [0.15, 0.2) is 71.7 Å². The summed E-state index contributed by atoms with van der Waals surface area (Å²) in [6.07, 6.45) is 2.56. The molecule has 4 rings (SSSR count). The van der Waals surface area contributed by atoms with Crippen molar-refractivity contribution in [1.82, 2.24) is 0 Å². The molecule has 0 spiro atoms. The van der Waals surface area contributed by atoms with Crippen molar-refractivity contribution in [3.8, 4) is 0 Å². The molecule has 3 aromatic carbocycles.